The monoisotopic (exact) mass is 401 g/mol. The van der Waals surface area contributed by atoms with Crippen molar-refractivity contribution in [3.8, 4) is 0 Å². The van der Waals surface area contributed by atoms with Crippen molar-refractivity contribution >= 4 is 5.91 Å². The molecule has 0 unspecified atom stereocenters. The highest BCUT2D eigenvalue weighted by Crippen LogP contribution is 2.24. The lowest BCUT2D eigenvalue weighted by molar-refractivity contribution is -0.121. The number of hydrogen-bond donors (Lipinski definition) is 1. The Morgan fingerprint density at radius 3 is 2.41 bits per heavy atom. The zero-order valence-corrected chi connectivity index (χ0v) is 18.3. The van der Waals surface area contributed by atoms with Gasteiger partial charge in [-0.15, -0.1) is 0 Å². The number of likely N-dealkylation sites (tertiary alicyclic amines) is 1. The first kappa shape index (κ1) is 22.3. The highest BCUT2D eigenvalue weighted by atomic mass is 16.5. The van der Waals surface area contributed by atoms with Gasteiger partial charge in [-0.2, -0.15) is 0 Å². The Balaban J connectivity index is 1.46. The number of carbonyl (C=O) groups excluding carboxylic acids is 1. The Morgan fingerprint density at radius 2 is 1.76 bits per heavy atom. The molecule has 1 aromatic carbocycles. The van der Waals surface area contributed by atoms with Crippen LogP contribution in [0.15, 0.2) is 30.3 Å². The van der Waals surface area contributed by atoms with E-state index in [0.717, 1.165) is 45.6 Å². The number of rotatable bonds is 9. The van der Waals surface area contributed by atoms with E-state index >= 15 is 0 Å². The van der Waals surface area contributed by atoms with Gasteiger partial charge >= 0.3 is 0 Å². The summed E-state index contributed by atoms with van der Waals surface area (Å²) in [5.41, 5.74) is 1.23. The van der Waals surface area contributed by atoms with Gasteiger partial charge in [-0.3, -0.25) is 9.69 Å². The predicted octanol–water partition coefficient (Wildman–Crippen LogP) is 3.09. The molecule has 0 saturated carbocycles. The van der Waals surface area contributed by atoms with Crippen molar-refractivity contribution in [1.29, 1.82) is 0 Å². The van der Waals surface area contributed by atoms with Crippen molar-refractivity contribution in [1.82, 2.24) is 15.1 Å². The van der Waals surface area contributed by atoms with E-state index in [1.54, 1.807) is 0 Å². The molecule has 162 valence electrons. The first-order chi connectivity index (χ1) is 14.1. The van der Waals surface area contributed by atoms with Gasteiger partial charge in [-0.05, 0) is 64.6 Å². The fourth-order valence-electron chi connectivity index (χ4n) is 4.73. The molecular formula is C24H39N3O2. The van der Waals surface area contributed by atoms with Crippen LogP contribution in [0.4, 0.5) is 0 Å². The van der Waals surface area contributed by atoms with Crippen LogP contribution >= 0.6 is 0 Å². The topological polar surface area (TPSA) is 44.8 Å². The van der Waals surface area contributed by atoms with Crippen molar-refractivity contribution in [3.63, 3.8) is 0 Å². The van der Waals surface area contributed by atoms with Crippen LogP contribution in [0.1, 0.15) is 51.5 Å². The molecule has 0 atom stereocenters. The number of amides is 1. The summed E-state index contributed by atoms with van der Waals surface area (Å²) in [7, 11) is 0. The molecule has 0 aromatic heterocycles. The summed E-state index contributed by atoms with van der Waals surface area (Å²) in [6.07, 6.45) is 6.08. The van der Waals surface area contributed by atoms with Crippen LogP contribution in [-0.4, -0.2) is 73.2 Å². The average molecular weight is 402 g/mol. The summed E-state index contributed by atoms with van der Waals surface area (Å²) in [4.78, 5) is 17.6. The van der Waals surface area contributed by atoms with Crippen LogP contribution in [0.25, 0.3) is 0 Å². The van der Waals surface area contributed by atoms with E-state index in [4.69, 9.17) is 4.74 Å². The Hall–Kier alpha value is -1.43. The van der Waals surface area contributed by atoms with Gasteiger partial charge in [0.2, 0.25) is 5.91 Å². The first-order valence-corrected chi connectivity index (χ1v) is 11.5. The number of carbonyl (C=O) groups is 1. The van der Waals surface area contributed by atoms with E-state index in [9.17, 15) is 4.79 Å². The van der Waals surface area contributed by atoms with Crippen molar-refractivity contribution in [2.45, 2.75) is 70.5 Å². The third-order valence-electron chi connectivity index (χ3n) is 6.53. The number of benzene rings is 1. The maximum Gasteiger partial charge on any atom is 0.220 e. The lowest BCUT2D eigenvalue weighted by Crippen LogP contribution is -2.53. The fourth-order valence-corrected chi connectivity index (χ4v) is 4.73. The zero-order chi connectivity index (χ0) is 20.5. The number of nitrogens with zero attached hydrogens (tertiary/aromatic N) is 2. The lowest BCUT2D eigenvalue weighted by atomic mass is 9.97. The lowest BCUT2D eigenvalue weighted by Gasteiger charge is -2.44. The minimum atomic E-state index is 0.162. The fraction of sp³-hybridized carbons (Fsp3) is 0.708. The van der Waals surface area contributed by atoms with Gasteiger partial charge in [-0.1, -0.05) is 30.3 Å². The molecule has 2 fully saturated rings. The third-order valence-corrected chi connectivity index (χ3v) is 6.53. The van der Waals surface area contributed by atoms with Crippen molar-refractivity contribution in [3.05, 3.63) is 35.9 Å². The molecule has 2 heterocycles. The Labute approximate surface area is 176 Å². The van der Waals surface area contributed by atoms with Crippen molar-refractivity contribution in [2.75, 3.05) is 39.4 Å². The highest BCUT2D eigenvalue weighted by molar-refractivity contribution is 5.76. The SMILES string of the molecule is CC(C)N1CCC(N(CCNC(=O)CCc2ccccc2)C2CCOCC2)CC1. The largest absolute Gasteiger partial charge is 0.381 e. The number of ether oxygens (including phenoxy) is 1. The van der Waals surface area contributed by atoms with Crippen LogP contribution in [0.3, 0.4) is 0 Å². The molecule has 5 nitrogen and oxygen atoms in total. The second kappa shape index (κ2) is 11.7. The van der Waals surface area contributed by atoms with Crippen LogP contribution in [-0.2, 0) is 16.0 Å². The number of nitrogens with one attached hydrogen (secondary N) is 1. The number of hydrogen-bond acceptors (Lipinski definition) is 4. The number of piperidine rings is 1. The molecule has 5 heteroatoms. The summed E-state index contributed by atoms with van der Waals surface area (Å²) >= 11 is 0. The van der Waals surface area contributed by atoms with Gasteiger partial charge in [0.25, 0.3) is 0 Å². The quantitative estimate of drug-likeness (QED) is 0.691. The molecule has 0 radical (unpaired) electrons. The molecule has 29 heavy (non-hydrogen) atoms. The van der Waals surface area contributed by atoms with E-state index in [2.05, 4.69) is 41.1 Å². The van der Waals surface area contributed by atoms with Gasteiger partial charge in [-0.25, -0.2) is 0 Å². The molecule has 0 spiro atoms. The molecule has 1 aromatic rings. The molecular weight excluding hydrogens is 362 g/mol. The van der Waals surface area contributed by atoms with Crippen LogP contribution in [0, 0.1) is 0 Å². The van der Waals surface area contributed by atoms with E-state index < -0.39 is 0 Å². The van der Waals surface area contributed by atoms with Gasteiger partial charge in [0, 0.05) is 50.8 Å². The molecule has 2 aliphatic heterocycles. The second-order valence-corrected chi connectivity index (χ2v) is 8.78. The van der Waals surface area contributed by atoms with E-state index in [0.29, 0.717) is 24.5 Å². The third kappa shape index (κ3) is 7.09. The zero-order valence-electron chi connectivity index (χ0n) is 18.3. The summed E-state index contributed by atoms with van der Waals surface area (Å²) in [5.74, 6) is 0.162. The van der Waals surface area contributed by atoms with Gasteiger partial charge < -0.3 is 15.0 Å². The molecule has 3 rings (SSSR count). The summed E-state index contributed by atoms with van der Waals surface area (Å²) in [5, 5.41) is 3.17. The minimum absolute atomic E-state index is 0.162. The smallest absolute Gasteiger partial charge is 0.220 e. The summed E-state index contributed by atoms with van der Waals surface area (Å²) in [6.45, 7) is 10.4. The molecule has 2 aliphatic rings. The van der Waals surface area contributed by atoms with Crippen LogP contribution < -0.4 is 5.32 Å². The van der Waals surface area contributed by atoms with Crippen LogP contribution in [0.2, 0.25) is 0 Å². The first-order valence-electron chi connectivity index (χ1n) is 11.5. The maximum atomic E-state index is 12.3. The minimum Gasteiger partial charge on any atom is -0.381 e. The summed E-state index contributed by atoms with van der Waals surface area (Å²) in [6, 6.07) is 12.1. The van der Waals surface area contributed by atoms with E-state index in [-0.39, 0.29) is 5.91 Å². The molecule has 0 aliphatic carbocycles. The molecule has 1 N–H and O–H groups in total. The van der Waals surface area contributed by atoms with Crippen LogP contribution in [0.5, 0.6) is 0 Å². The standard InChI is InChI=1S/C24H39N3O2/c1-20(2)26-15-10-22(11-16-26)27(23-12-18-29-19-13-23)17-14-25-24(28)9-8-21-6-4-3-5-7-21/h3-7,20,22-23H,8-19H2,1-2H3,(H,25,28). The highest BCUT2D eigenvalue weighted by Gasteiger charge is 2.31. The summed E-state index contributed by atoms with van der Waals surface area (Å²) < 4.78 is 5.60. The van der Waals surface area contributed by atoms with E-state index in [1.165, 1.54) is 31.5 Å². The maximum absolute atomic E-state index is 12.3. The molecule has 2 saturated heterocycles. The van der Waals surface area contributed by atoms with Crippen molar-refractivity contribution in [2.24, 2.45) is 0 Å². The van der Waals surface area contributed by atoms with Gasteiger partial charge in [0.05, 0.1) is 0 Å². The van der Waals surface area contributed by atoms with Crippen molar-refractivity contribution < 1.29 is 9.53 Å². The predicted molar refractivity (Wildman–Crippen MR) is 118 cm³/mol. The van der Waals surface area contributed by atoms with Gasteiger partial charge in [0.15, 0.2) is 0 Å². The average Bonchev–Trinajstić information content (AvgIpc) is 2.77. The Bertz CT molecular complexity index is 593. The molecule has 1 amide bonds. The Morgan fingerprint density at radius 1 is 1.10 bits per heavy atom. The normalized spacial score (nSPS) is 19.7. The number of aryl methyl sites for hydroxylation is 1. The van der Waals surface area contributed by atoms with Gasteiger partial charge in [0.1, 0.15) is 0 Å². The second-order valence-electron chi connectivity index (χ2n) is 8.78. The molecule has 0 bridgehead atoms. The Kier molecular flexibility index (Phi) is 8.96. The van der Waals surface area contributed by atoms with E-state index in [1.807, 2.05) is 18.2 Å².